The molecule has 0 fully saturated rings. The van der Waals surface area contributed by atoms with Crippen molar-refractivity contribution in [1.82, 2.24) is 15.0 Å². The summed E-state index contributed by atoms with van der Waals surface area (Å²) < 4.78 is 1.46. The van der Waals surface area contributed by atoms with Gasteiger partial charge in [0.2, 0.25) is 0 Å². The number of benzene rings is 1. The fraction of sp³-hybridized carbons (Fsp3) is 0.450. The van der Waals surface area contributed by atoms with E-state index in [2.05, 4.69) is 31.1 Å². The third kappa shape index (κ3) is 3.19. The summed E-state index contributed by atoms with van der Waals surface area (Å²) in [6.07, 6.45) is 3.11. The van der Waals surface area contributed by atoms with E-state index >= 15 is 0 Å². The Kier molecular flexibility index (Phi) is 4.40. The van der Waals surface area contributed by atoms with Crippen molar-refractivity contribution in [2.75, 3.05) is 0 Å². The highest BCUT2D eigenvalue weighted by molar-refractivity contribution is 7.18. The molecule has 0 saturated heterocycles. The fourth-order valence-electron chi connectivity index (χ4n) is 3.78. The van der Waals surface area contributed by atoms with Crippen LogP contribution in [0.1, 0.15) is 43.2 Å². The largest absolute Gasteiger partial charge is 0.279 e. The zero-order valence-electron chi connectivity index (χ0n) is 15.3. The first-order valence-corrected chi connectivity index (χ1v) is 10.1. The lowest BCUT2D eigenvalue weighted by molar-refractivity contribution is 0.218. The normalized spacial score (nSPS) is 17.5. The summed E-state index contributed by atoms with van der Waals surface area (Å²) in [7, 11) is 0. The summed E-state index contributed by atoms with van der Waals surface area (Å²) in [5, 5.41) is 9.95. The van der Waals surface area contributed by atoms with Crippen LogP contribution in [0.4, 0.5) is 0 Å². The van der Waals surface area contributed by atoms with Crippen LogP contribution in [-0.4, -0.2) is 15.0 Å². The molecule has 26 heavy (non-hydrogen) atoms. The number of aromatic nitrogens is 3. The average Bonchev–Trinajstić information content (AvgIpc) is 2.95. The van der Waals surface area contributed by atoms with E-state index in [-0.39, 0.29) is 11.0 Å². The van der Waals surface area contributed by atoms with Crippen LogP contribution in [-0.2, 0) is 19.4 Å². The number of thiophene rings is 1. The van der Waals surface area contributed by atoms with E-state index in [4.69, 9.17) is 11.6 Å². The Balaban J connectivity index is 1.74. The molecule has 136 valence electrons. The summed E-state index contributed by atoms with van der Waals surface area (Å²) in [4.78, 5) is 15.2. The minimum absolute atomic E-state index is 0.0401. The molecule has 6 heteroatoms. The first-order valence-electron chi connectivity index (χ1n) is 8.95. The molecule has 1 aliphatic rings. The van der Waals surface area contributed by atoms with Gasteiger partial charge < -0.3 is 0 Å². The van der Waals surface area contributed by atoms with Crippen LogP contribution in [0.2, 0.25) is 5.02 Å². The van der Waals surface area contributed by atoms with Gasteiger partial charge in [0, 0.05) is 9.90 Å². The van der Waals surface area contributed by atoms with Crippen LogP contribution in [0.3, 0.4) is 0 Å². The monoisotopic (exact) mass is 387 g/mol. The number of hydrogen-bond acceptors (Lipinski definition) is 4. The van der Waals surface area contributed by atoms with Crippen LogP contribution in [0.5, 0.6) is 0 Å². The smallest absolute Gasteiger partial charge is 0.267 e. The van der Waals surface area contributed by atoms with Crippen molar-refractivity contribution < 1.29 is 0 Å². The average molecular weight is 388 g/mol. The molecule has 1 aliphatic carbocycles. The van der Waals surface area contributed by atoms with E-state index in [1.165, 1.54) is 15.1 Å². The molecule has 1 atom stereocenters. The van der Waals surface area contributed by atoms with E-state index in [0.29, 0.717) is 17.5 Å². The van der Waals surface area contributed by atoms with Crippen molar-refractivity contribution in [3.63, 3.8) is 0 Å². The molecule has 0 radical (unpaired) electrons. The number of fused-ring (bicyclic) bond motifs is 3. The number of aryl methyl sites for hydroxylation is 1. The Morgan fingerprint density at radius 3 is 2.88 bits per heavy atom. The Morgan fingerprint density at radius 1 is 1.35 bits per heavy atom. The Morgan fingerprint density at radius 2 is 2.15 bits per heavy atom. The van der Waals surface area contributed by atoms with Gasteiger partial charge in [-0.2, -0.15) is 0 Å². The second-order valence-electron chi connectivity index (χ2n) is 8.17. The van der Waals surface area contributed by atoms with Gasteiger partial charge in [0.25, 0.3) is 5.56 Å². The predicted molar refractivity (Wildman–Crippen MR) is 107 cm³/mol. The van der Waals surface area contributed by atoms with E-state index < -0.39 is 0 Å². The molecule has 2 heterocycles. The quantitative estimate of drug-likeness (QED) is 0.640. The minimum Gasteiger partial charge on any atom is -0.267 e. The Bertz CT molecular complexity index is 1030. The maximum Gasteiger partial charge on any atom is 0.279 e. The molecule has 2 aromatic heterocycles. The van der Waals surface area contributed by atoms with Crippen LogP contribution in [0.15, 0.2) is 29.1 Å². The van der Waals surface area contributed by atoms with Gasteiger partial charge in [0.1, 0.15) is 0 Å². The van der Waals surface area contributed by atoms with E-state index in [0.717, 1.165) is 35.0 Å². The standard InChI is InChI=1S/C20H22ClN3OS/c1-20(2,3)13-7-8-15-16(10-13)26-18-17(15)19(25)24(23-22-18)11-12-5-4-6-14(21)9-12/h4-6,9,13H,7-8,10-11H2,1-3H3/t13-/m0/s1. The SMILES string of the molecule is CC(C)(C)[C@H]1CCc2c(sc3nnn(Cc4cccc(Cl)c4)c(=O)c23)C1. The van der Waals surface area contributed by atoms with Crippen molar-refractivity contribution in [3.8, 4) is 0 Å². The summed E-state index contributed by atoms with van der Waals surface area (Å²) >= 11 is 7.70. The predicted octanol–water partition coefficient (Wildman–Crippen LogP) is 4.71. The van der Waals surface area contributed by atoms with Crippen molar-refractivity contribution >= 4 is 33.2 Å². The minimum atomic E-state index is -0.0401. The van der Waals surface area contributed by atoms with Gasteiger partial charge in [-0.15, -0.1) is 16.4 Å². The first kappa shape index (κ1) is 17.7. The third-order valence-corrected chi connectivity index (χ3v) is 6.76. The highest BCUT2D eigenvalue weighted by Gasteiger charge is 2.31. The topological polar surface area (TPSA) is 47.8 Å². The molecular formula is C20H22ClN3OS. The molecule has 1 aromatic carbocycles. The van der Waals surface area contributed by atoms with Gasteiger partial charge in [-0.1, -0.05) is 49.7 Å². The Hall–Kier alpha value is -1.72. The summed E-state index contributed by atoms with van der Waals surface area (Å²) in [6, 6.07) is 7.51. The molecule has 0 N–H and O–H groups in total. The van der Waals surface area contributed by atoms with Crippen molar-refractivity contribution in [2.45, 2.75) is 46.6 Å². The van der Waals surface area contributed by atoms with Crippen LogP contribution in [0, 0.1) is 11.3 Å². The lowest BCUT2D eigenvalue weighted by atomic mass is 9.72. The van der Waals surface area contributed by atoms with Gasteiger partial charge >= 0.3 is 0 Å². The molecule has 0 saturated carbocycles. The van der Waals surface area contributed by atoms with Gasteiger partial charge in [-0.25, -0.2) is 4.68 Å². The van der Waals surface area contributed by atoms with E-state index in [9.17, 15) is 4.79 Å². The van der Waals surface area contributed by atoms with Gasteiger partial charge in [0.15, 0.2) is 4.83 Å². The summed E-state index contributed by atoms with van der Waals surface area (Å²) in [5.41, 5.74) is 2.39. The molecular weight excluding hydrogens is 366 g/mol. The van der Waals surface area contributed by atoms with E-state index in [1.807, 2.05) is 24.3 Å². The molecule has 3 aromatic rings. The molecule has 0 unspecified atom stereocenters. The van der Waals surface area contributed by atoms with Crippen molar-refractivity contribution in [2.24, 2.45) is 11.3 Å². The molecule has 0 aliphatic heterocycles. The number of hydrogen-bond donors (Lipinski definition) is 0. The zero-order chi connectivity index (χ0) is 18.5. The maximum atomic E-state index is 13.1. The molecule has 0 amide bonds. The second kappa shape index (κ2) is 6.46. The number of rotatable bonds is 2. The molecule has 0 spiro atoms. The van der Waals surface area contributed by atoms with Gasteiger partial charge in [-0.05, 0) is 53.9 Å². The summed E-state index contributed by atoms with van der Waals surface area (Å²) in [5.74, 6) is 0.643. The molecule has 0 bridgehead atoms. The van der Waals surface area contributed by atoms with Crippen LogP contribution >= 0.6 is 22.9 Å². The lowest BCUT2D eigenvalue weighted by Gasteiger charge is -2.33. The third-order valence-electron chi connectivity index (χ3n) is 5.38. The zero-order valence-corrected chi connectivity index (χ0v) is 16.8. The van der Waals surface area contributed by atoms with E-state index in [1.54, 1.807) is 11.3 Å². The Labute approximate surface area is 161 Å². The van der Waals surface area contributed by atoms with Crippen molar-refractivity contribution in [3.05, 3.63) is 55.6 Å². The molecule has 4 rings (SSSR count). The van der Waals surface area contributed by atoms with Crippen LogP contribution in [0.25, 0.3) is 10.2 Å². The number of nitrogens with zero attached hydrogens (tertiary/aromatic N) is 3. The molecule has 4 nitrogen and oxygen atoms in total. The van der Waals surface area contributed by atoms with Gasteiger partial charge in [-0.3, -0.25) is 4.79 Å². The fourth-order valence-corrected chi connectivity index (χ4v) is 5.23. The first-order chi connectivity index (χ1) is 12.3. The number of halogens is 1. The van der Waals surface area contributed by atoms with Crippen molar-refractivity contribution in [1.29, 1.82) is 0 Å². The lowest BCUT2D eigenvalue weighted by Crippen LogP contribution is -2.28. The maximum absolute atomic E-state index is 13.1. The second-order valence-corrected chi connectivity index (χ2v) is 9.69. The highest BCUT2D eigenvalue weighted by Crippen LogP contribution is 2.41. The van der Waals surface area contributed by atoms with Gasteiger partial charge in [0.05, 0.1) is 11.9 Å². The summed E-state index contributed by atoms with van der Waals surface area (Å²) in [6.45, 7) is 7.28. The van der Waals surface area contributed by atoms with Crippen LogP contribution < -0.4 is 5.56 Å². The highest BCUT2D eigenvalue weighted by atomic mass is 35.5.